The summed E-state index contributed by atoms with van der Waals surface area (Å²) in [5.41, 5.74) is 0. The Morgan fingerprint density at radius 2 is 2.05 bits per heavy atom. The number of halogens is 1. The van der Waals surface area contributed by atoms with E-state index < -0.39 is 6.10 Å². The van der Waals surface area contributed by atoms with Crippen molar-refractivity contribution in [3.8, 4) is 12.3 Å². The van der Waals surface area contributed by atoms with Crippen LogP contribution in [0.1, 0.15) is 19.3 Å². The molecule has 2 heterocycles. The first kappa shape index (κ1) is 14.6. The number of hydrogen-bond donors (Lipinski definition) is 1. The van der Waals surface area contributed by atoms with E-state index in [-0.39, 0.29) is 24.4 Å². The second-order valence-electron chi connectivity index (χ2n) is 4.85. The van der Waals surface area contributed by atoms with Crippen molar-refractivity contribution in [1.29, 1.82) is 0 Å². The summed E-state index contributed by atoms with van der Waals surface area (Å²) in [6, 6.07) is 0. The molecule has 2 aliphatic heterocycles. The molecule has 0 aromatic heterocycles. The second kappa shape index (κ2) is 7.12. The standard InChI is InChI=1S/C15H19ClO3/c1-2-3-4-7-12-14-10-15(18-12)13(19-14)9-11(17)6-5-8-16/h1,3-6,11-15,17H,7-10H2/b4-3+,6-5+/t11?,12-,13+,14-,15-/m1/s1. The number of terminal acetylenes is 1. The fraction of sp³-hybridized carbons (Fsp3) is 0.600. The molecular weight excluding hydrogens is 264 g/mol. The average molecular weight is 283 g/mol. The van der Waals surface area contributed by atoms with Crippen LogP contribution in [0, 0.1) is 12.3 Å². The SMILES string of the molecule is C#C/C=C/C[C@H]1O[C@@H]2C[C@H]1O[C@H]2CC(O)/C=C/CCl. The minimum Gasteiger partial charge on any atom is -0.389 e. The van der Waals surface area contributed by atoms with Gasteiger partial charge in [0.2, 0.25) is 0 Å². The van der Waals surface area contributed by atoms with Crippen LogP contribution in [0.15, 0.2) is 24.3 Å². The number of allylic oxidation sites excluding steroid dienone is 2. The van der Waals surface area contributed by atoms with Crippen LogP contribution in [0.5, 0.6) is 0 Å². The van der Waals surface area contributed by atoms with Crippen LogP contribution in [0.25, 0.3) is 0 Å². The van der Waals surface area contributed by atoms with Gasteiger partial charge in [-0.1, -0.05) is 24.1 Å². The minimum absolute atomic E-state index is 0.0205. The van der Waals surface area contributed by atoms with Crippen LogP contribution in [0.2, 0.25) is 0 Å². The molecule has 0 aromatic carbocycles. The van der Waals surface area contributed by atoms with Gasteiger partial charge in [0.05, 0.1) is 30.5 Å². The van der Waals surface area contributed by atoms with Gasteiger partial charge in [-0.2, -0.15) is 0 Å². The number of hydrogen-bond acceptors (Lipinski definition) is 3. The molecule has 0 radical (unpaired) electrons. The highest BCUT2D eigenvalue weighted by molar-refractivity contribution is 6.18. The maximum Gasteiger partial charge on any atom is 0.0877 e. The molecular formula is C15H19ClO3. The predicted molar refractivity (Wildman–Crippen MR) is 75.0 cm³/mol. The first-order chi connectivity index (χ1) is 9.24. The molecule has 2 saturated heterocycles. The highest BCUT2D eigenvalue weighted by Gasteiger charge is 2.47. The van der Waals surface area contributed by atoms with Crippen molar-refractivity contribution in [3.05, 3.63) is 24.3 Å². The van der Waals surface area contributed by atoms with E-state index in [2.05, 4.69) is 5.92 Å². The highest BCUT2D eigenvalue weighted by Crippen LogP contribution is 2.38. The maximum absolute atomic E-state index is 9.79. The molecule has 5 atom stereocenters. The van der Waals surface area contributed by atoms with E-state index in [1.165, 1.54) is 0 Å². The van der Waals surface area contributed by atoms with Gasteiger partial charge in [-0.15, -0.1) is 18.0 Å². The number of aliphatic hydroxyl groups is 1. The Balaban J connectivity index is 1.78. The fourth-order valence-corrected chi connectivity index (χ4v) is 2.76. The van der Waals surface area contributed by atoms with Gasteiger partial charge in [-0.3, -0.25) is 0 Å². The molecule has 0 aromatic rings. The lowest BCUT2D eigenvalue weighted by atomic mass is 10.1. The lowest BCUT2D eigenvalue weighted by Crippen LogP contribution is -2.37. The van der Waals surface area contributed by atoms with E-state index in [9.17, 15) is 5.11 Å². The first-order valence-electron chi connectivity index (χ1n) is 6.57. The lowest BCUT2D eigenvalue weighted by Gasteiger charge is -2.29. The third-order valence-corrected chi connectivity index (χ3v) is 3.67. The molecule has 3 nitrogen and oxygen atoms in total. The van der Waals surface area contributed by atoms with Crippen LogP contribution in [-0.2, 0) is 9.47 Å². The van der Waals surface area contributed by atoms with Crippen molar-refractivity contribution in [2.75, 3.05) is 5.88 Å². The number of rotatable bonds is 6. The molecule has 2 bridgehead atoms. The van der Waals surface area contributed by atoms with Gasteiger partial charge in [-0.25, -0.2) is 0 Å². The molecule has 2 rings (SSSR count). The second-order valence-corrected chi connectivity index (χ2v) is 5.16. The molecule has 2 aliphatic rings. The number of aliphatic hydroxyl groups excluding tert-OH is 1. The van der Waals surface area contributed by atoms with Gasteiger partial charge in [0, 0.05) is 18.7 Å². The van der Waals surface area contributed by atoms with Gasteiger partial charge >= 0.3 is 0 Å². The summed E-state index contributed by atoms with van der Waals surface area (Å²) in [6.45, 7) is 0. The van der Waals surface area contributed by atoms with Crippen molar-refractivity contribution < 1.29 is 14.6 Å². The Morgan fingerprint density at radius 1 is 1.32 bits per heavy atom. The van der Waals surface area contributed by atoms with E-state index in [0.29, 0.717) is 12.3 Å². The van der Waals surface area contributed by atoms with Crippen molar-refractivity contribution in [1.82, 2.24) is 0 Å². The van der Waals surface area contributed by atoms with Gasteiger partial charge in [0.1, 0.15) is 0 Å². The molecule has 0 spiro atoms. The van der Waals surface area contributed by atoms with Crippen LogP contribution >= 0.6 is 11.6 Å². The molecule has 1 unspecified atom stereocenters. The summed E-state index contributed by atoms with van der Waals surface area (Å²) in [5.74, 6) is 2.87. The number of alkyl halides is 1. The molecule has 0 saturated carbocycles. The molecule has 19 heavy (non-hydrogen) atoms. The van der Waals surface area contributed by atoms with Crippen molar-refractivity contribution in [2.24, 2.45) is 0 Å². The number of ether oxygens (including phenoxy) is 2. The van der Waals surface area contributed by atoms with Crippen LogP contribution < -0.4 is 0 Å². The van der Waals surface area contributed by atoms with Crippen molar-refractivity contribution in [2.45, 2.75) is 49.8 Å². The highest BCUT2D eigenvalue weighted by atomic mass is 35.5. The Kier molecular flexibility index (Phi) is 5.47. The third-order valence-electron chi connectivity index (χ3n) is 3.50. The van der Waals surface area contributed by atoms with Gasteiger partial charge in [0.15, 0.2) is 0 Å². The van der Waals surface area contributed by atoms with E-state index in [1.54, 1.807) is 18.2 Å². The summed E-state index contributed by atoms with van der Waals surface area (Å²) in [7, 11) is 0. The largest absolute Gasteiger partial charge is 0.389 e. The smallest absolute Gasteiger partial charge is 0.0877 e. The van der Waals surface area contributed by atoms with E-state index in [0.717, 1.165) is 12.8 Å². The maximum atomic E-state index is 9.79. The number of fused-ring (bicyclic) bond motifs is 2. The van der Waals surface area contributed by atoms with Crippen LogP contribution in [0.3, 0.4) is 0 Å². The van der Waals surface area contributed by atoms with Crippen LogP contribution in [0.4, 0.5) is 0 Å². The molecule has 4 heteroatoms. The van der Waals surface area contributed by atoms with E-state index in [4.69, 9.17) is 27.5 Å². The predicted octanol–water partition coefficient (Wildman–Crippen LogP) is 2.04. The zero-order valence-corrected chi connectivity index (χ0v) is 11.5. The van der Waals surface area contributed by atoms with Crippen molar-refractivity contribution in [3.63, 3.8) is 0 Å². The average Bonchev–Trinajstić information content (AvgIpc) is 2.96. The van der Waals surface area contributed by atoms with Gasteiger partial charge < -0.3 is 14.6 Å². The summed E-state index contributed by atoms with van der Waals surface area (Å²) in [5, 5.41) is 9.79. The zero-order valence-electron chi connectivity index (χ0n) is 10.7. The van der Waals surface area contributed by atoms with E-state index in [1.807, 2.05) is 6.08 Å². The minimum atomic E-state index is -0.522. The first-order valence-corrected chi connectivity index (χ1v) is 7.10. The van der Waals surface area contributed by atoms with Crippen molar-refractivity contribution >= 4 is 11.6 Å². The molecule has 0 amide bonds. The summed E-state index contributed by atoms with van der Waals surface area (Å²) in [6.07, 6.45) is 14.2. The molecule has 104 valence electrons. The Labute approximate surface area is 119 Å². The van der Waals surface area contributed by atoms with Gasteiger partial charge in [-0.05, 0) is 12.5 Å². The summed E-state index contributed by atoms with van der Waals surface area (Å²) >= 11 is 5.53. The zero-order chi connectivity index (χ0) is 13.7. The van der Waals surface area contributed by atoms with Crippen LogP contribution in [-0.4, -0.2) is 41.5 Å². The molecule has 0 aliphatic carbocycles. The molecule has 2 fully saturated rings. The molecule has 1 N–H and O–H groups in total. The Hall–Kier alpha value is -0.790. The fourth-order valence-electron chi connectivity index (χ4n) is 2.65. The van der Waals surface area contributed by atoms with Gasteiger partial charge in [0.25, 0.3) is 0 Å². The van der Waals surface area contributed by atoms with E-state index >= 15 is 0 Å². The topological polar surface area (TPSA) is 38.7 Å². The Morgan fingerprint density at radius 3 is 2.68 bits per heavy atom. The normalized spacial score (nSPS) is 35.2. The summed E-state index contributed by atoms with van der Waals surface area (Å²) in [4.78, 5) is 0. The summed E-state index contributed by atoms with van der Waals surface area (Å²) < 4.78 is 11.8. The lowest BCUT2D eigenvalue weighted by molar-refractivity contribution is -0.142. The quantitative estimate of drug-likeness (QED) is 0.460. The third kappa shape index (κ3) is 3.84. The Bertz CT molecular complexity index is 385. The monoisotopic (exact) mass is 282 g/mol.